The molecule has 3 heterocycles. The van der Waals surface area contributed by atoms with Crippen LogP contribution in [0.4, 0.5) is 0 Å². The van der Waals surface area contributed by atoms with Crippen molar-refractivity contribution in [1.29, 1.82) is 0 Å². The average molecular weight is 438 g/mol. The van der Waals surface area contributed by atoms with Gasteiger partial charge in [0.15, 0.2) is 5.65 Å². The molecule has 2 aromatic carbocycles. The molecule has 0 aliphatic heterocycles. The number of nitrogens with one attached hydrogen (secondary N) is 1. The van der Waals surface area contributed by atoms with Gasteiger partial charge in [0, 0.05) is 28.9 Å². The highest BCUT2D eigenvalue weighted by Crippen LogP contribution is 2.30. The Kier molecular flexibility index (Phi) is 5.69. The first kappa shape index (κ1) is 21.0. The number of hydrogen-bond donors (Lipinski definition) is 1. The van der Waals surface area contributed by atoms with Crippen molar-refractivity contribution < 1.29 is 0 Å². The minimum absolute atomic E-state index is 0.596. The molecule has 0 amide bonds. The van der Waals surface area contributed by atoms with Crippen molar-refractivity contribution in [1.82, 2.24) is 35.2 Å². The molecular weight excluding hydrogens is 410 g/mol. The van der Waals surface area contributed by atoms with E-state index in [1.807, 2.05) is 29.6 Å². The fourth-order valence-electron chi connectivity index (χ4n) is 4.35. The summed E-state index contributed by atoms with van der Waals surface area (Å²) in [5.74, 6) is 0.596. The number of hydrogen-bond acceptors (Lipinski definition) is 5. The van der Waals surface area contributed by atoms with E-state index in [1.54, 1.807) is 0 Å². The number of tetrazole rings is 1. The van der Waals surface area contributed by atoms with Gasteiger partial charge < -0.3 is 0 Å². The van der Waals surface area contributed by atoms with Crippen LogP contribution in [0.25, 0.3) is 28.2 Å². The van der Waals surface area contributed by atoms with Crippen molar-refractivity contribution in [3.8, 4) is 22.5 Å². The average Bonchev–Trinajstić information content (AvgIpc) is 3.48. The number of nitrogens with zero attached hydrogens (tertiary/aromatic N) is 6. The number of benzene rings is 2. The summed E-state index contributed by atoms with van der Waals surface area (Å²) in [5, 5.41) is 19.5. The van der Waals surface area contributed by atoms with E-state index >= 15 is 0 Å². The van der Waals surface area contributed by atoms with Crippen LogP contribution < -0.4 is 0 Å². The molecule has 5 aromatic rings. The van der Waals surface area contributed by atoms with E-state index in [2.05, 4.69) is 70.9 Å². The summed E-state index contributed by atoms with van der Waals surface area (Å²) in [6, 6.07) is 18.9. The molecule has 166 valence electrons. The van der Waals surface area contributed by atoms with Gasteiger partial charge in [0.1, 0.15) is 0 Å². The first-order chi connectivity index (χ1) is 16.1. The maximum absolute atomic E-state index is 4.92. The molecule has 7 heteroatoms. The summed E-state index contributed by atoms with van der Waals surface area (Å²) >= 11 is 0. The predicted molar refractivity (Wildman–Crippen MR) is 129 cm³/mol. The topological polar surface area (TPSA) is 84.6 Å². The number of aryl methyl sites for hydroxylation is 3. The number of H-pyrrole nitrogens is 1. The molecule has 7 nitrogen and oxygen atoms in total. The van der Waals surface area contributed by atoms with Gasteiger partial charge in [-0.2, -0.15) is 10.3 Å². The zero-order valence-corrected chi connectivity index (χ0v) is 19.2. The van der Waals surface area contributed by atoms with Crippen molar-refractivity contribution in [3.05, 3.63) is 82.8 Å². The molecule has 3 aromatic heterocycles. The normalized spacial score (nSPS) is 11.4. The van der Waals surface area contributed by atoms with Gasteiger partial charge in [-0.15, -0.1) is 10.2 Å². The van der Waals surface area contributed by atoms with Gasteiger partial charge >= 0.3 is 0 Å². The molecule has 0 saturated carbocycles. The second-order valence-corrected chi connectivity index (χ2v) is 8.46. The molecule has 0 aliphatic rings. The van der Waals surface area contributed by atoms with E-state index in [-0.39, 0.29) is 0 Å². The smallest absolute Gasteiger partial charge is 0.205 e. The lowest BCUT2D eigenvalue weighted by Crippen LogP contribution is -1.98. The maximum Gasteiger partial charge on any atom is 0.205 e. The van der Waals surface area contributed by atoms with Crippen molar-refractivity contribution in [2.45, 2.75) is 46.5 Å². The molecule has 0 aliphatic carbocycles. The Morgan fingerprint density at radius 2 is 1.76 bits per heavy atom. The second-order valence-electron chi connectivity index (χ2n) is 8.46. The largest absolute Gasteiger partial charge is 0.234 e. The number of fused-ring (bicyclic) bond motifs is 1. The zero-order valence-electron chi connectivity index (χ0n) is 19.2. The van der Waals surface area contributed by atoms with Crippen LogP contribution >= 0.6 is 0 Å². The van der Waals surface area contributed by atoms with Crippen LogP contribution in [0.1, 0.15) is 48.0 Å². The van der Waals surface area contributed by atoms with E-state index in [0.29, 0.717) is 5.82 Å². The highest BCUT2D eigenvalue weighted by Gasteiger charge is 2.16. The van der Waals surface area contributed by atoms with E-state index < -0.39 is 0 Å². The summed E-state index contributed by atoms with van der Waals surface area (Å²) in [4.78, 5) is 4.84. The van der Waals surface area contributed by atoms with Crippen LogP contribution in [-0.4, -0.2) is 35.2 Å². The van der Waals surface area contributed by atoms with Crippen LogP contribution in [0.15, 0.2) is 54.6 Å². The van der Waals surface area contributed by atoms with Gasteiger partial charge in [0.05, 0.1) is 5.69 Å². The lowest BCUT2D eigenvalue weighted by atomic mass is 9.96. The summed E-state index contributed by atoms with van der Waals surface area (Å²) in [6.45, 7) is 6.36. The second kappa shape index (κ2) is 8.94. The van der Waals surface area contributed by atoms with Crippen LogP contribution in [0.3, 0.4) is 0 Å². The van der Waals surface area contributed by atoms with Crippen LogP contribution in [0, 0.1) is 13.8 Å². The number of unbranched alkanes of at least 4 members (excludes halogenated alkanes) is 1. The van der Waals surface area contributed by atoms with Crippen molar-refractivity contribution in [2.24, 2.45) is 0 Å². The van der Waals surface area contributed by atoms with Crippen molar-refractivity contribution in [2.75, 3.05) is 0 Å². The molecule has 0 bridgehead atoms. The van der Waals surface area contributed by atoms with Crippen LogP contribution in [0.5, 0.6) is 0 Å². The fourth-order valence-corrected chi connectivity index (χ4v) is 4.35. The molecule has 0 atom stereocenters. The van der Waals surface area contributed by atoms with E-state index in [4.69, 9.17) is 10.1 Å². The monoisotopic (exact) mass is 437 g/mol. The molecule has 33 heavy (non-hydrogen) atoms. The highest BCUT2D eigenvalue weighted by atomic mass is 15.5. The van der Waals surface area contributed by atoms with E-state index in [0.717, 1.165) is 65.1 Å². The van der Waals surface area contributed by atoms with Gasteiger partial charge in [-0.1, -0.05) is 61.9 Å². The lowest BCUT2D eigenvalue weighted by Gasteiger charge is -2.09. The third-order valence-corrected chi connectivity index (χ3v) is 6.00. The maximum atomic E-state index is 4.92. The Hall–Kier alpha value is -3.87. The van der Waals surface area contributed by atoms with Gasteiger partial charge in [0.25, 0.3) is 0 Å². The molecule has 0 spiro atoms. The number of aromatic amines is 1. The third-order valence-electron chi connectivity index (χ3n) is 6.00. The quantitative estimate of drug-likeness (QED) is 0.382. The third kappa shape index (κ3) is 4.14. The Labute approximate surface area is 192 Å². The summed E-state index contributed by atoms with van der Waals surface area (Å²) in [6.07, 6.45) is 4.06. The molecule has 0 fully saturated rings. The SMILES string of the molecule is CCCCc1nn2c(C)cc(C)nc2c1Cc1ccc(-c2ccccc2-c2nn[nH]n2)cc1. The first-order valence-electron chi connectivity index (χ1n) is 11.4. The van der Waals surface area contributed by atoms with Gasteiger partial charge in [-0.25, -0.2) is 9.50 Å². The molecule has 0 radical (unpaired) electrons. The van der Waals surface area contributed by atoms with Gasteiger partial charge in [-0.3, -0.25) is 0 Å². The summed E-state index contributed by atoms with van der Waals surface area (Å²) < 4.78 is 2.00. The van der Waals surface area contributed by atoms with Crippen molar-refractivity contribution in [3.63, 3.8) is 0 Å². The number of rotatable bonds is 7. The zero-order chi connectivity index (χ0) is 22.8. The Morgan fingerprint density at radius 3 is 2.48 bits per heavy atom. The minimum Gasteiger partial charge on any atom is -0.234 e. The van der Waals surface area contributed by atoms with Gasteiger partial charge in [0.2, 0.25) is 5.82 Å². The molecule has 0 unspecified atom stereocenters. The molecule has 5 rings (SSSR count). The van der Waals surface area contributed by atoms with Crippen molar-refractivity contribution >= 4 is 5.65 Å². The van der Waals surface area contributed by atoms with Gasteiger partial charge in [-0.05, 0) is 54.7 Å². The predicted octanol–water partition coefficient (Wildman–Crippen LogP) is 5.13. The minimum atomic E-state index is 0.596. The Morgan fingerprint density at radius 1 is 0.970 bits per heavy atom. The van der Waals surface area contributed by atoms with E-state index in [1.165, 1.54) is 11.1 Å². The van der Waals surface area contributed by atoms with Crippen LogP contribution in [0.2, 0.25) is 0 Å². The van der Waals surface area contributed by atoms with Crippen LogP contribution in [-0.2, 0) is 12.8 Å². The standard InChI is InChI=1S/C26H27N7/c1-4-5-10-24-23(26-27-17(2)15-18(3)33(26)30-24)16-19-11-13-20(14-12-19)21-8-6-7-9-22(21)25-28-31-32-29-25/h6-9,11-15H,4-5,10,16H2,1-3H3,(H,28,29,31,32). The lowest BCUT2D eigenvalue weighted by molar-refractivity contribution is 0.752. The summed E-state index contributed by atoms with van der Waals surface area (Å²) in [7, 11) is 0. The number of aromatic nitrogens is 7. The van der Waals surface area contributed by atoms with E-state index in [9.17, 15) is 0 Å². The Balaban J connectivity index is 1.50. The Bertz CT molecular complexity index is 1380. The summed E-state index contributed by atoms with van der Waals surface area (Å²) in [5.41, 5.74) is 9.91. The molecule has 0 saturated heterocycles. The molecular formula is C26H27N7. The fraction of sp³-hybridized carbons (Fsp3) is 0.269. The highest BCUT2D eigenvalue weighted by molar-refractivity contribution is 5.80. The molecule has 1 N–H and O–H groups in total. The first-order valence-corrected chi connectivity index (χ1v) is 11.4.